The molecular formula is C13H25FN2. The third kappa shape index (κ3) is 4.91. The van der Waals surface area contributed by atoms with Gasteiger partial charge in [0.1, 0.15) is 5.82 Å². The Morgan fingerprint density at radius 3 is 2.00 bits per heavy atom. The minimum Gasteiger partial charge on any atom is -0.398 e. The van der Waals surface area contributed by atoms with Crippen molar-refractivity contribution in [3.8, 4) is 0 Å². The molecule has 0 unspecified atom stereocenters. The summed E-state index contributed by atoms with van der Waals surface area (Å²) in [6.07, 6.45) is 0. The summed E-state index contributed by atoms with van der Waals surface area (Å²) < 4.78 is 13.1. The summed E-state index contributed by atoms with van der Waals surface area (Å²) in [7, 11) is 0. The number of hydrogen-bond donors (Lipinski definition) is 2. The molecule has 0 saturated carbocycles. The van der Waals surface area contributed by atoms with Crippen molar-refractivity contribution in [3.05, 3.63) is 29.1 Å². The van der Waals surface area contributed by atoms with Gasteiger partial charge in [-0.05, 0) is 31.5 Å². The van der Waals surface area contributed by atoms with Crippen LogP contribution in [0.4, 0.5) is 10.1 Å². The molecule has 0 atom stereocenters. The van der Waals surface area contributed by atoms with Crippen molar-refractivity contribution in [2.24, 2.45) is 0 Å². The highest BCUT2D eigenvalue weighted by atomic mass is 19.1. The lowest BCUT2D eigenvalue weighted by molar-refractivity contribution is 0.624. The number of halogens is 1. The molecule has 16 heavy (non-hydrogen) atoms. The second-order valence-electron chi connectivity index (χ2n) is 2.84. The summed E-state index contributed by atoms with van der Waals surface area (Å²) in [5.41, 5.74) is 7.02. The average molecular weight is 228 g/mol. The topological polar surface area (TPSA) is 49.9 Å². The van der Waals surface area contributed by atoms with E-state index in [-0.39, 0.29) is 12.7 Å². The summed E-state index contributed by atoms with van der Waals surface area (Å²) in [5.74, 6) is -0.417. The first-order valence-corrected chi connectivity index (χ1v) is 5.63. The molecule has 0 fully saturated rings. The van der Waals surface area contributed by atoms with E-state index in [4.69, 9.17) is 11.1 Å². The van der Waals surface area contributed by atoms with E-state index in [9.17, 15) is 4.39 Å². The molecule has 1 aromatic rings. The van der Waals surface area contributed by atoms with E-state index in [1.807, 2.05) is 27.7 Å². The number of nitrogens with one attached hydrogen (secondary N) is 1. The molecule has 3 N–H and O–H groups in total. The van der Waals surface area contributed by atoms with Crippen LogP contribution in [0.1, 0.15) is 47.2 Å². The van der Waals surface area contributed by atoms with Crippen molar-refractivity contribution in [2.45, 2.75) is 41.5 Å². The molecule has 94 valence electrons. The monoisotopic (exact) mass is 228 g/mol. The van der Waals surface area contributed by atoms with Crippen LogP contribution in [0.15, 0.2) is 12.1 Å². The molecule has 0 aromatic heterocycles. The fraction of sp³-hybridized carbons (Fsp3) is 0.462. The van der Waals surface area contributed by atoms with Crippen LogP contribution in [0, 0.1) is 18.2 Å². The van der Waals surface area contributed by atoms with Gasteiger partial charge in [-0.3, -0.25) is 0 Å². The van der Waals surface area contributed by atoms with Gasteiger partial charge in [-0.15, -0.1) is 0 Å². The van der Waals surface area contributed by atoms with Crippen molar-refractivity contribution < 1.29 is 5.82 Å². The molecular weight excluding hydrogens is 203 g/mol. The zero-order valence-corrected chi connectivity index (χ0v) is 11.1. The van der Waals surface area contributed by atoms with Gasteiger partial charge in [-0.2, -0.15) is 0 Å². The van der Waals surface area contributed by atoms with E-state index in [0.717, 1.165) is 5.56 Å². The molecule has 0 bridgehead atoms. The van der Waals surface area contributed by atoms with Crippen LogP contribution in [0.25, 0.3) is 0 Å². The van der Waals surface area contributed by atoms with Crippen molar-refractivity contribution in [1.82, 2.24) is 0 Å². The van der Waals surface area contributed by atoms with Gasteiger partial charge < -0.3 is 11.1 Å². The number of benzene rings is 1. The second kappa shape index (κ2) is 8.89. The number of hydrogen-bond acceptors (Lipinski definition) is 2. The molecule has 0 saturated heterocycles. The normalized spacial score (nSPS) is 8.19. The predicted octanol–water partition coefficient (Wildman–Crippen LogP) is 4.40. The lowest BCUT2D eigenvalue weighted by Crippen LogP contribution is -2.03. The molecule has 0 aliphatic heterocycles. The van der Waals surface area contributed by atoms with Crippen LogP contribution >= 0.6 is 0 Å². The summed E-state index contributed by atoms with van der Waals surface area (Å²) in [6, 6.07) is 3.04. The van der Waals surface area contributed by atoms with Crippen LogP contribution in [0.3, 0.4) is 0 Å². The predicted molar refractivity (Wildman–Crippen MR) is 72.9 cm³/mol. The van der Waals surface area contributed by atoms with Gasteiger partial charge in [0, 0.05) is 12.8 Å². The van der Waals surface area contributed by atoms with Crippen molar-refractivity contribution in [2.75, 3.05) is 5.73 Å². The van der Waals surface area contributed by atoms with E-state index < -0.39 is 5.82 Å². The molecule has 1 aromatic carbocycles. The zero-order valence-electron chi connectivity index (χ0n) is 11.1. The first kappa shape index (κ1) is 17.0. The maximum Gasteiger partial charge on any atom is 0.134 e. The first-order chi connectivity index (χ1) is 7.52. The highest BCUT2D eigenvalue weighted by molar-refractivity contribution is 6.01. The Balaban J connectivity index is -0.000000355. The van der Waals surface area contributed by atoms with Gasteiger partial charge in [-0.1, -0.05) is 27.7 Å². The molecule has 0 spiro atoms. The highest BCUT2D eigenvalue weighted by Crippen LogP contribution is 2.18. The van der Waals surface area contributed by atoms with Crippen LogP contribution in [-0.2, 0) is 0 Å². The standard InChI is InChI=1S/C9H11FN2.2C2H6.H2/c1-5-3-7(10)9(6(2)11)8(12)4-5;2*1-2;/h3-4,11H,12H2,1-2H3;2*1-2H3;1H. The molecule has 0 aliphatic rings. The SMILES string of the molecule is CC.CC.CC(=N)c1c(N)cc(C)cc1F.[HH]. The van der Waals surface area contributed by atoms with Gasteiger partial charge in [0.2, 0.25) is 0 Å². The van der Waals surface area contributed by atoms with E-state index >= 15 is 0 Å². The Bertz CT molecular complexity index is 315. The summed E-state index contributed by atoms with van der Waals surface area (Å²) in [5, 5.41) is 7.27. The molecule has 0 aliphatic carbocycles. The van der Waals surface area contributed by atoms with Crippen molar-refractivity contribution in [1.29, 1.82) is 5.41 Å². The van der Waals surface area contributed by atoms with Gasteiger partial charge in [0.05, 0.1) is 5.56 Å². The van der Waals surface area contributed by atoms with E-state index in [0.29, 0.717) is 5.69 Å². The number of rotatable bonds is 1. The largest absolute Gasteiger partial charge is 0.398 e. The van der Waals surface area contributed by atoms with Gasteiger partial charge in [0.15, 0.2) is 0 Å². The minimum absolute atomic E-state index is 0. The molecule has 0 radical (unpaired) electrons. The van der Waals surface area contributed by atoms with E-state index in [2.05, 4.69) is 0 Å². The Labute approximate surface area is 99.7 Å². The van der Waals surface area contributed by atoms with Crippen molar-refractivity contribution >= 4 is 11.4 Å². The Kier molecular flexibility index (Phi) is 9.46. The van der Waals surface area contributed by atoms with Gasteiger partial charge >= 0.3 is 0 Å². The molecule has 3 heteroatoms. The number of aryl methyl sites for hydroxylation is 1. The Morgan fingerprint density at radius 1 is 1.25 bits per heavy atom. The lowest BCUT2D eigenvalue weighted by atomic mass is 10.1. The first-order valence-electron chi connectivity index (χ1n) is 5.63. The number of nitrogens with two attached hydrogens (primary N) is 1. The van der Waals surface area contributed by atoms with Crippen LogP contribution in [0.2, 0.25) is 0 Å². The smallest absolute Gasteiger partial charge is 0.134 e. The molecule has 1 rings (SSSR count). The van der Waals surface area contributed by atoms with E-state index in [1.165, 1.54) is 13.0 Å². The molecule has 0 heterocycles. The van der Waals surface area contributed by atoms with Gasteiger partial charge in [-0.25, -0.2) is 4.39 Å². The Morgan fingerprint density at radius 2 is 1.69 bits per heavy atom. The number of anilines is 1. The minimum atomic E-state index is -0.417. The van der Waals surface area contributed by atoms with Gasteiger partial charge in [0.25, 0.3) is 0 Å². The van der Waals surface area contributed by atoms with Crippen LogP contribution in [0.5, 0.6) is 0 Å². The maximum atomic E-state index is 13.1. The van der Waals surface area contributed by atoms with E-state index in [1.54, 1.807) is 13.0 Å². The summed E-state index contributed by atoms with van der Waals surface area (Å²) >= 11 is 0. The highest BCUT2D eigenvalue weighted by Gasteiger charge is 2.08. The van der Waals surface area contributed by atoms with Crippen LogP contribution in [-0.4, -0.2) is 5.71 Å². The summed E-state index contributed by atoms with van der Waals surface area (Å²) in [6.45, 7) is 11.3. The molecule has 2 nitrogen and oxygen atoms in total. The fourth-order valence-corrected chi connectivity index (χ4v) is 1.16. The number of nitrogen functional groups attached to an aromatic ring is 1. The molecule has 0 amide bonds. The fourth-order valence-electron chi connectivity index (χ4n) is 1.16. The Hall–Kier alpha value is -1.38. The summed E-state index contributed by atoms with van der Waals surface area (Å²) in [4.78, 5) is 0. The average Bonchev–Trinajstić information content (AvgIpc) is 2.21. The lowest BCUT2D eigenvalue weighted by Gasteiger charge is -2.05. The third-order valence-electron chi connectivity index (χ3n) is 1.64. The zero-order chi connectivity index (χ0) is 13.3. The third-order valence-corrected chi connectivity index (χ3v) is 1.64. The maximum absolute atomic E-state index is 13.1. The van der Waals surface area contributed by atoms with Crippen LogP contribution < -0.4 is 5.73 Å². The van der Waals surface area contributed by atoms with Crippen molar-refractivity contribution in [3.63, 3.8) is 0 Å². The quantitative estimate of drug-likeness (QED) is 0.543. The second-order valence-corrected chi connectivity index (χ2v) is 2.84.